The average Bonchev–Trinajstić information content (AvgIpc) is 2.39. The first-order chi connectivity index (χ1) is 9.09. The van der Waals surface area contributed by atoms with E-state index in [4.69, 9.17) is 4.74 Å². The number of hydrogen-bond acceptors (Lipinski definition) is 3. The van der Waals surface area contributed by atoms with Crippen LogP contribution < -0.4 is 5.56 Å². The van der Waals surface area contributed by atoms with Gasteiger partial charge in [0.2, 0.25) is 0 Å². The lowest BCUT2D eigenvalue weighted by atomic mass is 9.98. The summed E-state index contributed by atoms with van der Waals surface area (Å²) in [6.45, 7) is 3.55. The van der Waals surface area contributed by atoms with Crippen LogP contribution in [0.15, 0.2) is 23.0 Å². The standard InChI is InChI=1S/C15H21NO3/c1-11-7-6-10-14(17)16(11)12(2)15(18)19-13-8-4-3-5-9-13/h6-7,10,12-13H,3-5,8-9H2,1-2H3. The van der Waals surface area contributed by atoms with Gasteiger partial charge in [0.25, 0.3) is 5.56 Å². The van der Waals surface area contributed by atoms with Crippen molar-refractivity contribution in [3.05, 3.63) is 34.2 Å². The summed E-state index contributed by atoms with van der Waals surface area (Å²) in [6.07, 6.45) is 5.39. The molecule has 1 aliphatic rings. The van der Waals surface area contributed by atoms with Gasteiger partial charge in [0.05, 0.1) is 0 Å². The van der Waals surface area contributed by atoms with E-state index in [1.807, 2.05) is 13.0 Å². The Bertz CT molecular complexity index is 500. The molecule has 1 unspecified atom stereocenters. The van der Waals surface area contributed by atoms with E-state index in [0.717, 1.165) is 31.4 Å². The first-order valence-corrected chi connectivity index (χ1v) is 6.98. The van der Waals surface area contributed by atoms with Crippen LogP contribution >= 0.6 is 0 Å². The summed E-state index contributed by atoms with van der Waals surface area (Å²) in [7, 11) is 0. The van der Waals surface area contributed by atoms with Gasteiger partial charge in [0, 0.05) is 11.8 Å². The Kier molecular flexibility index (Phi) is 4.40. The maximum atomic E-state index is 12.1. The number of aromatic nitrogens is 1. The number of carbonyl (C=O) groups is 1. The fraction of sp³-hybridized carbons (Fsp3) is 0.600. The zero-order valence-corrected chi connectivity index (χ0v) is 11.6. The molecular formula is C15H21NO3. The lowest BCUT2D eigenvalue weighted by Crippen LogP contribution is -2.32. The molecule has 0 aromatic carbocycles. The van der Waals surface area contributed by atoms with Crippen LogP contribution in [0.2, 0.25) is 0 Å². The van der Waals surface area contributed by atoms with E-state index in [2.05, 4.69) is 0 Å². The van der Waals surface area contributed by atoms with Gasteiger partial charge in [0.15, 0.2) is 0 Å². The molecule has 1 fully saturated rings. The Morgan fingerprint density at radius 3 is 2.63 bits per heavy atom. The fourth-order valence-corrected chi connectivity index (χ4v) is 2.65. The molecule has 4 heteroatoms. The third-order valence-electron chi connectivity index (χ3n) is 3.76. The third kappa shape index (κ3) is 3.25. The highest BCUT2D eigenvalue weighted by molar-refractivity contribution is 5.74. The molecule has 0 bridgehead atoms. The molecule has 1 heterocycles. The Morgan fingerprint density at radius 1 is 1.32 bits per heavy atom. The lowest BCUT2D eigenvalue weighted by Gasteiger charge is -2.24. The number of esters is 1. The molecule has 0 N–H and O–H groups in total. The summed E-state index contributed by atoms with van der Waals surface area (Å²) in [5.41, 5.74) is 0.619. The van der Waals surface area contributed by atoms with Crippen molar-refractivity contribution in [3.63, 3.8) is 0 Å². The van der Waals surface area contributed by atoms with Gasteiger partial charge in [-0.05, 0) is 45.6 Å². The van der Waals surface area contributed by atoms with E-state index >= 15 is 0 Å². The Labute approximate surface area is 113 Å². The van der Waals surface area contributed by atoms with Crippen LogP contribution in [0.5, 0.6) is 0 Å². The number of hydrogen-bond donors (Lipinski definition) is 0. The normalized spacial score (nSPS) is 18.0. The van der Waals surface area contributed by atoms with Gasteiger partial charge in [-0.2, -0.15) is 0 Å². The molecule has 0 saturated heterocycles. The molecule has 1 atom stereocenters. The van der Waals surface area contributed by atoms with Crippen LogP contribution in [0.3, 0.4) is 0 Å². The topological polar surface area (TPSA) is 48.3 Å². The predicted octanol–water partition coefficient (Wildman–Crippen LogP) is 2.59. The van der Waals surface area contributed by atoms with Gasteiger partial charge in [0.1, 0.15) is 12.1 Å². The van der Waals surface area contributed by atoms with Crippen LogP contribution in [-0.2, 0) is 9.53 Å². The summed E-state index contributed by atoms with van der Waals surface area (Å²) in [5, 5.41) is 0. The van der Waals surface area contributed by atoms with Gasteiger partial charge in [-0.15, -0.1) is 0 Å². The number of ether oxygens (including phenoxy) is 1. The van der Waals surface area contributed by atoms with Gasteiger partial charge in [-0.1, -0.05) is 12.5 Å². The predicted molar refractivity (Wildman–Crippen MR) is 73.1 cm³/mol. The first-order valence-electron chi connectivity index (χ1n) is 6.98. The number of rotatable bonds is 3. The van der Waals surface area contributed by atoms with Crippen molar-refractivity contribution in [2.45, 2.75) is 58.1 Å². The lowest BCUT2D eigenvalue weighted by molar-refractivity contribution is -0.154. The molecule has 4 nitrogen and oxygen atoms in total. The second kappa shape index (κ2) is 6.04. The number of nitrogens with zero attached hydrogens (tertiary/aromatic N) is 1. The van der Waals surface area contributed by atoms with Crippen molar-refractivity contribution in [1.82, 2.24) is 4.57 Å². The van der Waals surface area contributed by atoms with Gasteiger partial charge >= 0.3 is 5.97 Å². The zero-order valence-electron chi connectivity index (χ0n) is 11.6. The van der Waals surface area contributed by atoms with E-state index in [-0.39, 0.29) is 17.6 Å². The first kappa shape index (κ1) is 13.8. The molecule has 1 aromatic rings. The molecule has 19 heavy (non-hydrogen) atoms. The van der Waals surface area contributed by atoms with E-state index in [1.165, 1.54) is 17.1 Å². The zero-order chi connectivity index (χ0) is 13.8. The SMILES string of the molecule is Cc1cccc(=O)n1C(C)C(=O)OC1CCCCC1. The van der Waals surface area contributed by atoms with E-state index in [0.29, 0.717) is 0 Å². The quantitative estimate of drug-likeness (QED) is 0.787. The minimum Gasteiger partial charge on any atom is -0.461 e. The smallest absolute Gasteiger partial charge is 0.329 e. The van der Waals surface area contributed by atoms with E-state index in [9.17, 15) is 9.59 Å². The third-order valence-corrected chi connectivity index (χ3v) is 3.76. The van der Waals surface area contributed by atoms with Crippen LogP contribution in [0.25, 0.3) is 0 Å². The largest absolute Gasteiger partial charge is 0.461 e. The molecule has 104 valence electrons. The van der Waals surface area contributed by atoms with Gasteiger partial charge in [-0.25, -0.2) is 4.79 Å². The summed E-state index contributed by atoms with van der Waals surface area (Å²) in [4.78, 5) is 24.0. The highest BCUT2D eigenvalue weighted by Gasteiger charge is 2.23. The molecule has 1 aliphatic carbocycles. The Morgan fingerprint density at radius 2 is 2.00 bits per heavy atom. The maximum absolute atomic E-state index is 12.1. The Balaban J connectivity index is 2.08. The number of pyridine rings is 1. The maximum Gasteiger partial charge on any atom is 0.329 e. The Hall–Kier alpha value is -1.58. The van der Waals surface area contributed by atoms with Gasteiger partial charge in [-0.3, -0.25) is 9.36 Å². The van der Waals surface area contributed by atoms with Crippen molar-refractivity contribution in [3.8, 4) is 0 Å². The van der Waals surface area contributed by atoms with Crippen molar-refractivity contribution in [2.75, 3.05) is 0 Å². The van der Waals surface area contributed by atoms with Gasteiger partial charge < -0.3 is 4.74 Å². The summed E-state index contributed by atoms with van der Waals surface area (Å²) in [6, 6.07) is 4.44. The van der Waals surface area contributed by atoms with Crippen molar-refractivity contribution in [1.29, 1.82) is 0 Å². The van der Waals surface area contributed by atoms with E-state index in [1.54, 1.807) is 13.0 Å². The number of aryl methyl sites for hydroxylation is 1. The second-order valence-corrected chi connectivity index (χ2v) is 5.25. The molecule has 0 spiro atoms. The minimum atomic E-state index is -0.560. The summed E-state index contributed by atoms with van der Waals surface area (Å²) >= 11 is 0. The molecule has 2 rings (SSSR count). The van der Waals surface area contributed by atoms with Crippen molar-refractivity contribution in [2.24, 2.45) is 0 Å². The van der Waals surface area contributed by atoms with E-state index < -0.39 is 6.04 Å². The molecule has 0 radical (unpaired) electrons. The fourth-order valence-electron chi connectivity index (χ4n) is 2.65. The molecule has 1 aromatic heterocycles. The minimum absolute atomic E-state index is 0.0309. The summed E-state index contributed by atoms with van der Waals surface area (Å²) < 4.78 is 7.01. The van der Waals surface area contributed by atoms with Crippen molar-refractivity contribution >= 4 is 5.97 Å². The summed E-state index contributed by atoms with van der Waals surface area (Å²) in [5.74, 6) is -0.302. The highest BCUT2D eigenvalue weighted by atomic mass is 16.5. The average molecular weight is 263 g/mol. The molecular weight excluding hydrogens is 242 g/mol. The second-order valence-electron chi connectivity index (χ2n) is 5.25. The molecule has 1 saturated carbocycles. The highest BCUT2D eigenvalue weighted by Crippen LogP contribution is 2.22. The van der Waals surface area contributed by atoms with Crippen LogP contribution in [-0.4, -0.2) is 16.6 Å². The number of carbonyl (C=O) groups excluding carboxylic acids is 1. The van der Waals surface area contributed by atoms with Crippen molar-refractivity contribution < 1.29 is 9.53 Å². The van der Waals surface area contributed by atoms with Crippen LogP contribution in [0, 0.1) is 6.92 Å². The molecule has 0 amide bonds. The monoisotopic (exact) mass is 263 g/mol. The van der Waals surface area contributed by atoms with Crippen LogP contribution in [0.4, 0.5) is 0 Å². The van der Waals surface area contributed by atoms with Crippen LogP contribution in [0.1, 0.15) is 50.8 Å². The molecule has 0 aliphatic heterocycles.